The molecule has 1 saturated heterocycles. The summed E-state index contributed by atoms with van der Waals surface area (Å²) >= 11 is 0. The molecule has 0 radical (unpaired) electrons. The molecule has 1 unspecified atom stereocenters. The highest BCUT2D eigenvalue weighted by molar-refractivity contribution is 5.54. The second-order valence-corrected chi connectivity index (χ2v) is 7.74. The number of ether oxygens (including phenoxy) is 1. The third-order valence-electron chi connectivity index (χ3n) is 5.82. The number of amides is 1. The van der Waals surface area contributed by atoms with Crippen molar-refractivity contribution in [1.82, 2.24) is 4.90 Å². The molecule has 2 aliphatic rings. The van der Waals surface area contributed by atoms with E-state index in [0.717, 1.165) is 36.5 Å². The standard InChI is InChI=1S/C16H14FNO.C8H16O/c17-14-7-5-13(6-8-14)16-15-4-2-1-3-12(15)9-10-18(16)11-19;1-3-8-5-4-7(2)9-6-8/h1-8,11,16H,9-10H2;7-8H,3-6H2,1-2H3/t16-;7-,8?/m00/s1. The maximum absolute atomic E-state index is 13.0. The SMILES string of the molecule is CCC1CC[C@H](C)OC1.O=CN1CCc2ccccc2[C@@H]1c1ccc(F)cc1. The number of nitrogens with zero attached hydrogens (tertiary/aromatic N) is 1. The highest BCUT2D eigenvalue weighted by Crippen LogP contribution is 2.34. The monoisotopic (exact) mass is 383 g/mol. The second-order valence-electron chi connectivity index (χ2n) is 7.74. The second kappa shape index (κ2) is 9.83. The summed E-state index contributed by atoms with van der Waals surface area (Å²) in [4.78, 5) is 13.0. The molecule has 4 rings (SSSR count). The maximum atomic E-state index is 13.0. The Morgan fingerprint density at radius 3 is 2.54 bits per heavy atom. The molecule has 0 aliphatic carbocycles. The van der Waals surface area contributed by atoms with E-state index in [4.69, 9.17) is 4.74 Å². The molecule has 4 heteroatoms. The van der Waals surface area contributed by atoms with Crippen molar-refractivity contribution in [1.29, 1.82) is 0 Å². The minimum Gasteiger partial charge on any atom is -0.378 e. The first-order valence-electron chi connectivity index (χ1n) is 10.3. The lowest BCUT2D eigenvalue weighted by Crippen LogP contribution is -2.34. The van der Waals surface area contributed by atoms with Gasteiger partial charge in [-0.25, -0.2) is 4.39 Å². The van der Waals surface area contributed by atoms with E-state index < -0.39 is 0 Å². The summed E-state index contributed by atoms with van der Waals surface area (Å²) in [5, 5.41) is 0. The Kier molecular flexibility index (Phi) is 7.21. The van der Waals surface area contributed by atoms with E-state index in [2.05, 4.69) is 19.9 Å². The molecule has 2 heterocycles. The Hall–Kier alpha value is -2.20. The molecule has 2 aliphatic heterocycles. The van der Waals surface area contributed by atoms with E-state index in [0.29, 0.717) is 12.6 Å². The molecule has 0 aromatic heterocycles. The van der Waals surface area contributed by atoms with Crippen molar-refractivity contribution < 1.29 is 13.9 Å². The molecular formula is C24H30FNO2. The first-order chi connectivity index (χ1) is 13.6. The highest BCUT2D eigenvalue weighted by Gasteiger charge is 2.27. The summed E-state index contributed by atoms with van der Waals surface area (Å²) in [6, 6.07) is 14.4. The van der Waals surface area contributed by atoms with Gasteiger partial charge in [0.15, 0.2) is 0 Å². The predicted molar refractivity (Wildman–Crippen MR) is 110 cm³/mol. The van der Waals surface area contributed by atoms with Crippen LogP contribution in [0.2, 0.25) is 0 Å². The Bertz CT molecular complexity index is 753. The van der Waals surface area contributed by atoms with Crippen molar-refractivity contribution >= 4 is 6.41 Å². The van der Waals surface area contributed by atoms with E-state index in [1.807, 2.05) is 18.2 Å². The fourth-order valence-electron chi connectivity index (χ4n) is 3.97. The Morgan fingerprint density at radius 2 is 1.89 bits per heavy atom. The lowest BCUT2D eigenvalue weighted by atomic mass is 9.88. The molecule has 2 aromatic rings. The molecule has 28 heavy (non-hydrogen) atoms. The maximum Gasteiger partial charge on any atom is 0.210 e. The number of benzene rings is 2. The van der Waals surface area contributed by atoms with Crippen LogP contribution < -0.4 is 0 Å². The van der Waals surface area contributed by atoms with Crippen LogP contribution in [0.25, 0.3) is 0 Å². The van der Waals surface area contributed by atoms with E-state index >= 15 is 0 Å². The zero-order chi connectivity index (χ0) is 19.9. The lowest BCUT2D eigenvalue weighted by molar-refractivity contribution is -0.119. The highest BCUT2D eigenvalue weighted by atomic mass is 19.1. The number of hydrogen-bond acceptors (Lipinski definition) is 2. The summed E-state index contributed by atoms with van der Waals surface area (Å²) in [6.07, 6.45) is 6.19. The number of rotatable bonds is 3. The van der Waals surface area contributed by atoms with Crippen LogP contribution in [0.15, 0.2) is 48.5 Å². The van der Waals surface area contributed by atoms with Crippen LogP contribution in [0.4, 0.5) is 4.39 Å². The van der Waals surface area contributed by atoms with Gasteiger partial charge in [-0.1, -0.05) is 49.7 Å². The molecule has 3 nitrogen and oxygen atoms in total. The molecule has 150 valence electrons. The molecule has 1 amide bonds. The molecule has 0 saturated carbocycles. The van der Waals surface area contributed by atoms with Crippen LogP contribution in [-0.2, 0) is 16.0 Å². The smallest absolute Gasteiger partial charge is 0.210 e. The molecule has 0 spiro atoms. The van der Waals surface area contributed by atoms with Crippen LogP contribution in [0, 0.1) is 11.7 Å². The molecular weight excluding hydrogens is 353 g/mol. The first-order valence-corrected chi connectivity index (χ1v) is 10.3. The van der Waals surface area contributed by atoms with Crippen molar-refractivity contribution in [2.24, 2.45) is 5.92 Å². The van der Waals surface area contributed by atoms with Crippen molar-refractivity contribution in [2.45, 2.75) is 51.7 Å². The van der Waals surface area contributed by atoms with Gasteiger partial charge in [0.1, 0.15) is 5.82 Å². The van der Waals surface area contributed by atoms with E-state index in [1.54, 1.807) is 17.0 Å². The van der Waals surface area contributed by atoms with Crippen molar-refractivity contribution in [3.8, 4) is 0 Å². The van der Waals surface area contributed by atoms with Gasteiger partial charge in [-0.05, 0) is 60.9 Å². The molecule has 1 fully saturated rings. The average molecular weight is 384 g/mol. The van der Waals surface area contributed by atoms with Crippen molar-refractivity contribution in [3.05, 3.63) is 71.0 Å². The van der Waals surface area contributed by atoms with Crippen LogP contribution >= 0.6 is 0 Å². The third-order valence-corrected chi connectivity index (χ3v) is 5.82. The summed E-state index contributed by atoms with van der Waals surface area (Å²) in [5.74, 6) is 0.590. The van der Waals surface area contributed by atoms with Crippen LogP contribution in [0.3, 0.4) is 0 Å². The van der Waals surface area contributed by atoms with Gasteiger partial charge in [-0.3, -0.25) is 4.79 Å². The Labute approximate surface area is 167 Å². The van der Waals surface area contributed by atoms with Crippen LogP contribution in [0.5, 0.6) is 0 Å². The number of fused-ring (bicyclic) bond motifs is 1. The molecule has 0 bridgehead atoms. The fourth-order valence-corrected chi connectivity index (χ4v) is 3.97. The zero-order valence-electron chi connectivity index (χ0n) is 16.8. The van der Waals surface area contributed by atoms with E-state index in [1.165, 1.54) is 37.0 Å². The minimum atomic E-state index is -0.259. The quantitative estimate of drug-likeness (QED) is 0.687. The van der Waals surface area contributed by atoms with Crippen molar-refractivity contribution in [3.63, 3.8) is 0 Å². The predicted octanol–water partition coefficient (Wildman–Crippen LogP) is 5.14. The number of hydrogen-bond donors (Lipinski definition) is 0. The van der Waals surface area contributed by atoms with Gasteiger partial charge >= 0.3 is 0 Å². The molecule has 0 N–H and O–H groups in total. The summed E-state index contributed by atoms with van der Waals surface area (Å²) < 4.78 is 18.5. The van der Waals surface area contributed by atoms with E-state index in [-0.39, 0.29) is 11.9 Å². The lowest BCUT2D eigenvalue weighted by Gasteiger charge is -2.35. The van der Waals surface area contributed by atoms with E-state index in [9.17, 15) is 9.18 Å². The zero-order valence-corrected chi connectivity index (χ0v) is 16.8. The number of halogens is 1. The van der Waals surface area contributed by atoms with Crippen LogP contribution in [-0.4, -0.2) is 30.6 Å². The normalized spacial score (nSPS) is 24.0. The molecule has 2 aromatic carbocycles. The summed E-state index contributed by atoms with van der Waals surface area (Å²) in [5.41, 5.74) is 3.34. The summed E-state index contributed by atoms with van der Waals surface area (Å²) in [6.45, 7) is 6.09. The summed E-state index contributed by atoms with van der Waals surface area (Å²) in [7, 11) is 0. The molecule has 3 atom stereocenters. The van der Waals surface area contributed by atoms with Gasteiger partial charge in [0.05, 0.1) is 12.1 Å². The minimum absolute atomic E-state index is 0.108. The van der Waals surface area contributed by atoms with Crippen LogP contribution in [0.1, 0.15) is 55.8 Å². The topological polar surface area (TPSA) is 29.5 Å². The van der Waals surface area contributed by atoms with Gasteiger partial charge in [0, 0.05) is 13.2 Å². The Balaban J connectivity index is 0.000000211. The van der Waals surface area contributed by atoms with Gasteiger partial charge in [-0.2, -0.15) is 0 Å². The van der Waals surface area contributed by atoms with Gasteiger partial charge < -0.3 is 9.64 Å². The number of carbonyl (C=O) groups excluding carboxylic acids is 1. The first kappa shape index (κ1) is 20.5. The third kappa shape index (κ3) is 4.99. The average Bonchev–Trinajstić information content (AvgIpc) is 2.74. The number of carbonyl (C=O) groups is 1. The van der Waals surface area contributed by atoms with Gasteiger partial charge in [0.2, 0.25) is 6.41 Å². The fraction of sp³-hybridized carbons (Fsp3) is 0.458. The Morgan fingerprint density at radius 1 is 1.14 bits per heavy atom. The van der Waals surface area contributed by atoms with Gasteiger partial charge in [0.25, 0.3) is 0 Å². The van der Waals surface area contributed by atoms with Gasteiger partial charge in [-0.15, -0.1) is 0 Å². The largest absolute Gasteiger partial charge is 0.378 e. The van der Waals surface area contributed by atoms with Crippen molar-refractivity contribution in [2.75, 3.05) is 13.2 Å².